The number of carbonyl (C=O) groups excluding carboxylic acids is 2. The van der Waals surface area contributed by atoms with Gasteiger partial charge in [-0.2, -0.15) is 0 Å². The molecule has 1 aromatic carbocycles. The first kappa shape index (κ1) is 9.25. The van der Waals surface area contributed by atoms with Crippen molar-refractivity contribution in [2.45, 2.75) is 0 Å². The van der Waals surface area contributed by atoms with Crippen LogP contribution in [0.4, 0.5) is 10.2 Å². The zero-order valence-electron chi connectivity index (χ0n) is 7.14. The molecular weight excluding hydrogens is 207 g/mol. The van der Waals surface area contributed by atoms with Gasteiger partial charge in [-0.25, -0.2) is 0 Å². The maximum absolute atomic E-state index is 12.8. The summed E-state index contributed by atoms with van der Waals surface area (Å²) in [5.74, 6) is -2.26. The molecule has 15 heavy (non-hydrogen) atoms. The number of halogens is 1. The van der Waals surface area contributed by atoms with Gasteiger partial charge in [-0.05, 0) is 6.07 Å². The van der Waals surface area contributed by atoms with Crippen molar-refractivity contribution in [1.29, 1.82) is 0 Å². The number of fused-ring (bicyclic) bond motifs is 1. The molecule has 2 rings (SSSR count). The lowest BCUT2D eigenvalue weighted by Crippen LogP contribution is -2.19. The molecule has 0 atom stereocenters. The molecule has 0 radical (unpaired) electrons. The maximum atomic E-state index is 12.8. The van der Waals surface area contributed by atoms with Gasteiger partial charge < -0.3 is 0 Å². The summed E-state index contributed by atoms with van der Waals surface area (Å²) < 4.78 is 12.8. The van der Waals surface area contributed by atoms with Gasteiger partial charge in [0.25, 0.3) is 17.5 Å². The Morgan fingerprint density at radius 2 is 1.80 bits per heavy atom. The van der Waals surface area contributed by atoms with Crippen molar-refractivity contribution in [1.82, 2.24) is 5.12 Å². The topological polar surface area (TPSA) is 80.5 Å². The van der Waals surface area contributed by atoms with Gasteiger partial charge in [-0.1, -0.05) is 4.48 Å². The first-order valence-electron chi connectivity index (χ1n) is 3.85. The van der Waals surface area contributed by atoms with Crippen molar-refractivity contribution in [3.05, 3.63) is 39.4 Å². The monoisotopic (exact) mass is 210 g/mol. The highest BCUT2D eigenvalue weighted by Gasteiger charge is 2.37. The van der Waals surface area contributed by atoms with E-state index in [4.69, 9.17) is 0 Å². The van der Waals surface area contributed by atoms with Crippen molar-refractivity contribution < 1.29 is 19.0 Å². The minimum atomic E-state index is -1.17. The number of rotatable bonds is 1. The summed E-state index contributed by atoms with van der Waals surface area (Å²) in [5.41, 5.74) is -0.796. The van der Waals surface area contributed by atoms with Gasteiger partial charge >= 0.3 is 0 Å². The van der Waals surface area contributed by atoms with E-state index >= 15 is 0 Å². The molecule has 0 fully saturated rings. The summed E-state index contributed by atoms with van der Waals surface area (Å²) in [7, 11) is 0. The third kappa shape index (κ3) is 1.17. The lowest BCUT2D eigenvalue weighted by molar-refractivity contribution is -0.384. The molecule has 6 nitrogen and oxygen atoms in total. The summed E-state index contributed by atoms with van der Waals surface area (Å²) >= 11 is 0. The summed E-state index contributed by atoms with van der Waals surface area (Å²) in [6.07, 6.45) is 0. The number of nitro groups is 1. The molecule has 76 valence electrons. The van der Waals surface area contributed by atoms with Crippen LogP contribution in [0.1, 0.15) is 20.7 Å². The number of hydrogen-bond donors (Lipinski definition) is 0. The SMILES string of the molecule is O=C1c2ccc([N+](=O)[O-])cc2C(=O)N1F. The second-order valence-electron chi connectivity index (χ2n) is 2.88. The van der Waals surface area contributed by atoms with Crippen molar-refractivity contribution in [2.75, 3.05) is 0 Å². The van der Waals surface area contributed by atoms with Crippen LogP contribution in [-0.4, -0.2) is 21.9 Å². The molecule has 0 aliphatic carbocycles. The molecule has 0 saturated heterocycles. The molecule has 1 aliphatic rings. The van der Waals surface area contributed by atoms with Gasteiger partial charge in [0.1, 0.15) is 0 Å². The van der Waals surface area contributed by atoms with Crippen LogP contribution in [0.15, 0.2) is 18.2 Å². The molecule has 0 saturated carbocycles. The molecule has 0 aromatic heterocycles. The maximum Gasteiger partial charge on any atom is 0.290 e. The van der Waals surface area contributed by atoms with Crippen LogP contribution in [0, 0.1) is 10.1 Å². The predicted octanol–water partition coefficient (Wildman–Crippen LogP) is 1.08. The highest BCUT2D eigenvalue weighted by Crippen LogP contribution is 2.26. The second-order valence-corrected chi connectivity index (χ2v) is 2.88. The van der Waals surface area contributed by atoms with E-state index in [0.717, 1.165) is 18.2 Å². The molecule has 7 heteroatoms. The molecule has 1 aliphatic heterocycles. The molecule has 0 N–H and O–H groups in total. The van der Waals surface area contributed by atoms with E-state index in [1.165, 1.54) is 0 Å². The van der Waals surface area contributed by atoms with Gasteiger partial charge in [0.15, 0.2) is 0 Å². The highest BCUT2D eigenvalue weighted by molar-refractivity contribution is 6.20. The van der Waals surface area contributed by atoms with Crippen molar-refractivity contribution in [3.8, 4) is 0 Å². The summed E-state index contributed by atoms with van der Waals surface area (Å²) in [6.45, 7) is 0. The first-order chi connectivity index (χ1) is 7.02. The van der Waals surface area contributed by atoms with Gasteiger partial charge in [0.2, 0.25) is 0 Å². The minimum absolute atomic E-state index is 0.159. The molecular formula is C8H3FN2O4. The zero-order chi connectivity index (χ0) is 11.2. The number of nitro benzene ring substituents is 1. The Morgan fingerprint density at radius 3 is 2.40 bits per heavy atom. The summed E-state index contributed by atoms with van der Waals surface area (Å²) in [5, 5.41) is 9.81. The number of hydrogen-bond acceptors (Lipinski definition) is 4. The molecule has 0 spiro atoms. The average molecular weight is 210 g/mol. The van der Waals surface area contributed by atoms with E-state index in [2.05, 4.69) is 0 Å². The number of carbonyl (C=O) groups is 2. The third-order valence-electron chi connectivity index (χ3n) is 2.03. The Kier molecular flexibility index (Phi) is 1.75. The van der Waals surface area contributed by atoms with Gasteiger partial charge in [0.05, 0.1) is 16.1 Å². The normalized spacial score (nSPS) is 14.3. The zero-order valence-corrected chi connectivity index (χ0v) is 7.14. The molecule has 1 aromatic rings. The summed E-state index contributed by atoms with van der Waals surface area (Å²) in [4.78, 5) is 31.8. The van der Waals surface area contributed by atoms with Crippen LogP contribution in [-0.2, 0) is 0 Å². The van der Waals surface area contributed by atoms with Gasteiger partial charge in [-0.15, -0.1) is 5.12 Å². The molecule has 2 amide bonds. The Bertz CT molecular complexity index is 499. The quantitative estimate of drug-likeness (QED) is 0.300. The van der Waals surface area contributed by atoms with Crippen LogP contribution in [0.3, 0.4) is 0 Å². The number of imide groups is 1. The summed E-state index contributed by atoms with van der Waals surface area (Å²) in [6, 6.07) is 2.99. The average Bonchev–Trinajstić information content (AvgIpc) is 2.44. The Hall–Kier alpha value is -2.31. The number of nitrogens with zero attached hydrogens (tertiary/aromatic N) is 2. The van der Waals surface area contributed by atoms with Crippen LogP contribution < -0.4 is 0 Å². The van der Waals surface area contributed by atoms with Gasteiger partial charge in [-0.3, -0.25) is 19.7 Å². The van der Waals surface area contributed by atoms with Crippen LogP contribution in [0.2, 0.25) is 0 Å². The number of amides is 2. The smallest absolute Gasteiger partial charge is 0.266 e. The van der Waals surface area contributed by atoms with E-state index in [0.29, 0.717) is 0 Å². The Balaban J connectivity index is 2.61. The lowest BCUT2D eigenvalue weighted by Gasteiger charge is -1.95. The van der Waals surface area contributed by atoms with Crippen molar-refractivity contribution >= 4 is 17.5 Å². The standard InChI is InChI=1S/C8H3FN2O4/c9-10-7(12)5-2-1-4(11(14)15)3-6(5)8(10)13/h1-3H. The fraction of sp³-hybridized carbons (Fsp3) is 0. The fourth-order valence-corrected chi connectivity index (χ4v) is 1.31. The lowest BCUT2D eigenvalue weighted by atomic mass is 10.1. The van der Waals surface area contributed by atoms with Crippen molar-refractivity contribution in [3.63, 3.8) is 0 Å². The van der Waals surface area contributed by atoms with Crippen LogP contribution in [0.25, 0.3) is 0 Å². The van der Waals surface area contributed by atoms with Crippen LogP contribution >= 0.6 is 0 Å². The molecule has 0 unspecified atom stereocenters. The molecule has 1 heterocycles. The van der Waals surface area contributed by atoms with E-state index in [1.54, 1.807) is 0 Å². The van der Waals surface area contributed by atoms with Crippen LogP contribution in [0.5, 0.6) is 0 Å². The molecule has 0 bridgehead atoms. The number of benzene rings is 1. The van der Waals surface area contributed by atoms with E-state index in [9.17, 15) is 24.2 Å². The van der Waals surface area contributed by atoms with E-state index < -0.39 is 21.9 Å². The fourth-order valence-electron chi connectivity index (χ4n) is 1.31. The van der Waals surface area contributed by atoms with Gasteiger partial charge in [0, 0.05) is 12.1 Å². The number of non-ortho nitro benzene ring substituents is 1. The Labute approximate surface area is 82.0 Å². The largest absolute Gasteiger partial charge is 0.290 e. The minimum Gasteiger partial charge on any atom is -0.266 e. The second kappa shape index (κ2) is 2.84. The highest BCUT2D eigenvalue weighted by atomic mass is 19.2. The van der Waals surface area contributed by atoms with E-state index in [-0.39, 0.29) is 16.8 Å². The Morgan fingerprint density at radius 1 is 1.20 bits per heavy atom. The first-order valence-corrected chi connectivity index (χ1v) is 3.85. The van der Waals surface area contributed by atoms with E-state index in [1.807, 2.05) is 0 Å². The third-order valence-corrected chi connectivity index (χ3v) is 2.03. The van der Waals surface area contributed by atoms with Crippen molar-refractivity contribution in [2.24, 2.45) is 0 Å². The predicted molar refractivity (Wildman–Crippen MR) is 44.7 cm³/mol.